The molecule has 6 atom stereocenters. The molecule has 3 aliphatic rings. The van der Waals surface area contributed by atoms with E-state index in [2.05, 4.69) is 50.3 Å². The lowest BCUT2D eigenvalue weighted by Crippen LogP contribution is -2.46. The van der Waals surface area contributed by atoms with Crippen LogP contribution in [0.3, 0.4) is 0 Å². The van der Waals surface area contributed by atoms with E-state index in [1.807, 2.05) is 0 Å². The van der Waals surface area contributed by atoms with Crippen LogP contribution in [0.4, 0.5) is 0 Å². The van der Waals surface area contributed by atoms with E-state index in [0.29, 0.717) is 0 Å². The maximum atomic E-state index is 10.5. The highest BCUT2D eigenvalue weighted by molar-refractivity contribution is 5.95. The van der Waals surface area contributed by atoms with E-state index in [4.69, 9.17) is 4.74 Å². The van der Waals surface area contributed by atoms with Crippen molar-refractivity contribution < 1.29 is 14.9 Å². The van der Waals surface area contributed by atoms with Gasteiger partial charge in [-0.1, -0.05) is 36.4 Å². The van der Waals surface area contributed by atoms with Crippen LogP contribution in [0, 0.1) is 19.8 Å². The van der Waals surface area contributed by atoms with Gasteiger partial charge in [0.1, 0.15) is 12.2 Å². The van der Waals surface area contributed by atoms with Crippen molar-refractivity contribution in [1.29, 1.82) is 0 Å². The number of epoxide rings is 1. The van der Waals surface area contributed by atoms with E-state index in [9.17, 15) is 10.2 Å². The van der Waals surface area contributed by atoms with E-state index < -0.39 is 12.2 Å². The largest absolute Gasteiger partial charge is 0.390 e. The number of fused-ring (bicyclic) bond motifs is 7. The Morgan fingerprint density at radius 1 is 0.957 bits per heavy atom. The zero-order valence-corrected chi connectivity index (χ0v) is 13.2. The monoisotopic (exact) mass is 308 g/mol. The molecule has 0 amide bonds. The number of rotatable bonds is 0. The summed E-state index contributed by atoms with van der Waals surface area (Å²) in [5, 5.41) is 23.2. The second-order valence-electron chi connectivity index (χ2n) is 7.20. The lowest BCUT2D eigenvalue weighted by Gasteiger charge is -2.38. The van der Waals surface area contributed by atoms with Gasteiger partial charge in [0.05, 0.1) is 12.2 Å². The highest BCUT2D eigenvalue weighted by Crippen LogP contribution is 2.54. The average molecular weight is 308 g/mol. The minimum Gasteiger partial charge on any atom is -0.390 e. The summed E-state index contributed by atoms with van der Waals surface area (Å²) >= 11 is 0. The van der Waals surface area contributed by atoms with E-state index in [0.717, 1.165) is 0 Å². The molecule has 0 bridgehead atoms. The van der Waals surface area contributed by atoms with Crippen LogP contribution >= 0.6 is 0 Å². The van der Waals surface area contributed by atoms with Crippen LogP contribution in [-0.4, -0.2) is 34.6 Å². The summed E-state index contributed by atoms with van der Waals surface area (Å²) in [6.07, 6.45) is 2.50. The molecular formula is C20H20O3. The minimum atomic E-state index is -0.768. The standard InChI is InChI=1S/C20H20O3/c1-9-4-3-5-11-12-6-7-13-16(15(12)10(2)8-14(9)11)19-20(23-19)18(22)17(13)21/h3-8,13,16-22H,1-2H3. The zero-order chi connectivity index (χ0) is 15.9. The van der Waals surface area contributed by atoms with Crippen molar-refractivity contribution >= 4 is 16.8 Å². The summed E-state index contributed by atoms with van der Waals surface area (Å²) in [5.41, 5.74) is 5.07. The van der Waals surface area contributed by atoms with Crippen LogP contribution in [0.1, 0.15) is 28.2 Å². The average Bonchev–Trinajstić information content (AvgIpc) is 3.34. The van der Waals surface area contributed by atoms with Crippen LogP contribution in [0.25, 0.3) is 16.8 Å². The van der Waals surface area contributed by atoms with Crippen LogP contribution in [0.5, 0.6) is 0 Å². The number of hydrogen-bond donors (Lipinski definition) is 2. The van der Waals surface area contributed by atoms with Gasteiger partial charge in [0, 0.05) is 11.8 Å². The van der Waals surface area contributed by atoms with Crippen molar-refractivity contribution in [2.75, 3.05) is 0 Å². The van der Waals surface area contributed by atoms with Gasteiger partial charge in [-0.15, -0.1) is 0 Å². The van der Waals surface area contributed by atoms with Crippen LogP contribution < -0.4 is 0 Å². The summed E-state index contributed by atoms with van der Waals surface area (Å²) in [7, 11) is 0. The first-order valence-corrected chi connectivity index (χ1v) is 8.30. The lowest BCUT2D eigenvalue weighted by molar-refractivity contribution is -0.0308. The first-order chi connectivity index (χ1) is 11.1. The summed E-state index contributed by atoms with van der Waals surface area (Å²) < 4.78 is 5.73. The molecule has 1 saturated carbocycles. The third-order valence-corrected chi connectivity index (χ3v) is 5.92. The molecule has 0 radical (unpaired) electrons. The third kappa shape index (κ3) is 1.70. The first-order valence-electron chi connectivity index (χ1n) is 8.30. The molecule has 0 spiro atoms. The van der Waals surface area contributed by atoms with E-state index in [1.54, 1.807) is 0 Å². The molecule has 5 rings (SSSR count). The molecule has 23 heavy (non-hydrogen) atoms. The second kappa shape index (κ2) is 4.44. The van der Waals surface area contributed by atoms with Gasteiger partial charge in [0.25, 0.3) is 0 Å². The molecule has 2 aliphatic carbocycles. The maximum Gasteiger partial charge on any atom is 0.113 e. The fraction of sp³-hybridized carbons (Fsp3) is 0.400. The maximum absolute atomic E-state index is 10.5. The fourth-order valence-corrected chi connectivity index (χ4v) is 4.73. The number of aliphatic hydroxyl groups is 2. The molecule has 2 aromatic rings. The summed E-state index contributed by atoms with van der Waals surface area (Å²) in [4.78, 5) is 0. The third-order valence-electron chi connectivity index (χ3n) is 5.92. The molecule has 1 aliphatic heterocycles. The Kier molecular flexibility index (Phi) is 2.65. The van der Waals surface area contributed by atoms with Gasteiger partial charge in [-0.2, -0.15) is 0 Å². The molecule has 0 aromatic heterocycles. The van der Waals surface area contributed by atoms with Crippen molar-refractivity contribution in [1.82, 2.24) is 0 Å². The van der Waals surface area contributed by atoms with Gasteiger partial charge in [-0.3, -0.25) is 0 Å². The molecule has 3 nitrogen and oxygen atoms in total. The molecule has 1 saturated heterocycles. The zero-order valence-electron chi connectivity index (χ0n) is 13.2. The van der Waals surface area contributed by atoms with Crippen molar-refractivity contribution in [2.45, 2.75) is 44.2 Å². The predicted octanol–water partition coefficient (Wildman–Crippen LogP) is 2.69. The van der Waals surface area contributed by atoms with Gasteiger partial charge >= 0.3 is 0 Å². The van der Waals surface area contributed by atoms with Crippen molar-refractivity contribution in [3.8, 4) is 0 Å². The Labute approximate surface area is 135 Å². The van der Waals surface area contributed by atoms with E-state index in [1.165, 1.54) is 33.0 Å². The SMILES string of the molecule is Cc1cc2c(C)cccc2c2c1C1C(C=C2)C(O)C(O)C2OC21. The molecular weight excluding hydrogens is 288 g/mol. The predicted molar refractivity (Wildman–Crippen MR) is 89.4 cm³/mol. The van der Waals surface area contributed by atoms with Crippen molar-refractivity contribution in [2.24, 2.45) is 5.92 Å². The van der Waals surface area contributed by atoms with E-state index in [-0.39, 0.29) is 24.0 Å². The number of benzene rings is 2. The molecule has 2 N–H and O–H groups in total. The van der Waals surface area contributed by atoms with Gasteiger partial charge in [0.2, 0.25) is 0 Å². The van der Waals surface area contributed by atoms with Crippen molar-refractivity contribution in [3.63, 3.8) is 0 Å². The Balaban J connectivity index is 1.78. The molecule has 2 aromatic carbocycles. The Hall–Kier alpha value is -1.68. The molecule has 1 heterocycles. The number of aliphatic hydroxyl groups excluding tert-OH is 2. The molecule has 3 heteroatoms. The number of hydrogen-bond acceptors (Lipinski definition) is 3. The van der Waals surface area contributed by atoms with Gasteiger partial charge in [0.15, 0.2) is 0 Å². The second-order valence-corrected chi connectivity index (χ2v) is 7.20. The summed E-state index contributed by atoms with van der Waals surface area (Å²) in [6.45, 7) is 4.29. The number of ether oxygens (including phenoxy) is 1. The van der Waals surface area contributed by atoms with Crippen molar-refractivity contribution in [3.05, 3.63) is 52.6 Å². The van der Waals surface area contributed by atoms with Crippen LogP contribution in [-0.2, 0) is 4.74 Å². The lowest BCUT2D eigenvalue weighted by atomic mass is 9.67. The quantitative estimate of drug-likeness (QED) is 0.736. The number of aryl methyl sites for hydroxylation is 2. The highest BCUT2D eigenvalue weighted by atomic mass is 16.6. The fourth-order valence-electron chi connectivity index (χ4n) is 4.73. The minimum absolute atomic E-state index is 0.0306. The van der Waals surface area contributed by atoms with Gasteiger partial charge < -0.3 is 14.9 Å². The Bertz CT molecular complexity index is 854. The van der Waals surface area contributed by atoms with Crippen LogP contribution in [0.2, 0.25) is 0 Å². The van der Waals surface area contributed by atoms with Crippen LogP contribution in [0.15, 0.2) is 30.3 Å². The van der Waals surface area contributed by atoms with Gasteiger partial charge in [-0.25, -0.2) is 0 Å². The highest BCUT2D eigenvalue weighted by Gasteiger charge is 2.60. The summed E-state index contributed by atoms with van der Waals surface area (Å²) in [5.74, 6) is 0.0746. The first kappa shape index (κ1) is 13.7. The molecule has 118 valence electrons. The van der Waals surface area contributed by atoms with E-state index >= 15 is 0 Å². The Morgan fingerprint density at radius 3 is 2.61 bits per heavy atom. The summed E-state index contributed by atoms with van der Waals surface area (Å²) in [6, 6.07) is 8.67. The topological polar surface area (TPSA) is 53.0 Å². The molecule has 2 fully saturated rings. The van der Waals surface area contributed by atoms with Gasteiger partial charge in [-0.05, 0) is 46.9 Å². The normalized spacial score (nSPS) is 37.2. The Morgan fingerprint density at radius 2 is 1.78 bits per heavy atom. The smallest absolute Gasteiger partial charge is 0.113 e. The molecule has 6 unspecified atom stereocenters.